The van der Waals surface area contributed by atoms with Crippen molar-refractivity contribution in [2.75, 3.05) is 6.54 Å². The van der Waals surface area contributed by atoms with Crippen LogP contribution in [0.1, 0.15) is 62.1 Å². The van der Waals surface area contributed by atoms with Crippen LogP contribution in [0.5, 0.6) is 0 Å². The SMILES string of the molecule is CC1CCC(NCC2(O)CCC2)c2ccccc21. The second kappa shape index (κ2) is 4.67. The molecule has 1 aromatic rings. The molecule has 0 aliphatic heterocycles. The lowest BCUT2D eigenvalue weighted by Gasteiger charge is -2.39. The van der Waals surface area contributed by atoms with E-state index in [1.165, 1.54) is 30.4 Å². The van der Waals surface area contributed by atoms with Gasteiger partial charge in [-0.25, -0.2) is 0 Å². The van der Waals surface area contributed by atoms with E-state index in [0.717, 1.165) is 19.4 Å². The zero-order valence-corrected chi connectivity index (χ0v) is 11.2. The summed E-state index contributed by atoms with van der Waals surface area (Å²) in [5.41, 5.74) is 2.51. The molecule has 0 heterocycles. The van der Waals surface area contributed by atoms with Crippen molar-refractivity contribution in [2.24, 2.45) is 0 Å². The van der Waals surface area contributed by atoms with E-state index in [1.54, 1.807) is 0 Å². The fraction of sp³-hybridized carbons (Fsp3) is 0.625. The van der Waals surface area contributed by atoms with Gasteiger partial charge in [-0.3, -0.25) is 0 Å². The Kier molecular flexibility index (Phi) is 3.16. The van der Waals surface area contributed by atoms with E-state index in [-0.39, 0.29) is 0 Å². The van der Waals surface area contributed by atoms with Crippen molar-refractivity contribution < 1.29 is 5.11 Å². The first-order chi connectivity index (χ1) is 8.68. The van der Waals surface area contributed by atoms with Gasteiger partial charge in [0.1, 0.15) is 0 Å². The third kappa shape index (κ3) is 2.19. The van der Waals surface area contributed by atoms with E-state index in [2.05, 4.69) is 36.5 Å². The first kappa shape index (κ1) is 12.2. The molecular weight excluding hydrogens is 222 g/mol. The Morgan fingerprint density at radius 3 is 2.61 bits per heavy atom. The van der Waals surface area contributed by atoms with Gasteiger partial charge >= 0.3 is 0 Å². The molecule has 0 saturated heterocycles. The number of benzene rings is 1. The molecule has 2 aliphatic rings. The van der Waals surface area contributed by atoms with Gasteiger partial charge in [0, 0.05) is 12.6 Å². The number of rotatable bonds is 3. The van der Waals surface area contributed by atoms with Gasteiger partial charge in [0.05, 0.1) is 5.60 Å². The highest BCUT2D eigenvalue weighted by molar-refractivity contribution is 5.34. The number of hydrogen-bond donors (Lipinski definition) is 2. The van der Waals surface area contributed by atoms with Crippen molar-refractivity contribution in [3.05, 3.63) is 35.4 Å². The normalized spacial score (nSPS) is 29.4. The summed E-state index contributed by atoms with van der Waals surface area (Å²) in [4.78, 5) is 0. The van der Waals surface area contributed by atoms with Gasteiger partial charge in [-0.1, -0.05) is 31.2 Å². The summed E-state index contributed by atoms with van der Waals surface area (Å²) in [7, 11) is 0. The maximum absolute atomic E-state index is 10.2. The predicted molar refractivity (Wildman–Crippen MR) is 73.6 cm³/mol. The standard InChI is InChI=1S/C16H23NO/c1-12-7-8-15(14-6-3-2-5-13(12)14)17-11-16(18)9-4-10-16/h2-3,5-6,12,15,17-18H,4,7-11H2,1H3. The Morgan fingerprint density at radius 1 is 1.22 bits per heavy atom. The predicted octanol–water partition coefficient (Wildman–Crippen LogP) is 3.13. The third-order valence-corrected chi connectivity index (χ3v) is 4.75. The Bertz CT molecular complexity index is 425. The largest absolute Gasteiger partial charge is 0.389 e. The number of aliphatic hydroxyl groups is 1. The van der Waals surface area contributed by atoms with Crippen molar-refractivity contribution >= 4 is 0 Å². The monoisotopic (exact) mass is 245 g/mol. The van der Waals surface area contributed by atoms with E-state index in [4.69, 9.17) is 0 Å². The molecule has 98 valence electrons. The van der Waals surface area contributed by atoms with Gasteiger partial charge in [0.2, 0.25) is 0 Å². The second-order valence-electron chi connectivity index (χ2n) is 6.12. The molecule has 2 aliphatic carbocycles. The molecule has 1 aromatic carbocycles. The summed E-state index contributed by atoms with van der Waals surface area (Å²) >= 11 is 0. The first-order valence-electron chi connectivity index (χ1n) is 7.23. The molecule has 1 saturated carbocycles. The van der Waals surface area contributed by atoms with Crippen LogP contribution in [-0.2, 0) is 0 Å². The van der Waals surface area contributed by atoms with E-state index in [0.29, 0.717) is 12.0 Å². The van der Waals surface area contributed by atoms with Crippen LogP contribution in [0.3, 0.4) is 0 Å². The fourth-order valence-corrected chi connectivity index (χ4v) is 3.29. The maximum atomic E-state index is 10.2. The van der Waals surface area contributed by atoms with Crippen molar-refractivity contribution in [1.82, 2.24) is 5.32 Å². The highest BCUT2D eigenvalue weighted by Crippen LogP contribution is 2.38. The van der Waals surface area contributed by atoms with Crippen LogP contribution >= 0.6 is 0 Å². The molecule has 2 nitrogen and oxygen atoms in total. The zero-order valence-electron chi connectivity index (χ0n) is 11.2. The molecule has 2 N–H and O–H groups in total. The van der Waals surface area contributed by atoms with Gasteiger partial charge in [-0.15, -0.1) is 0 Å². The highest BCUT2D eigenvalue weighted by atomic mass is 16.3. The van der Waals surface area contributed by atoms with Crippen LogP contribution in [0.4, 0.5) is 0 Å². The third-order valence-electron chi connectivity index (χ3n) is 4.75. The Labute approximate surface area is 109 Å². The number of fused-ring (bicyclic) bond motifs is 1. The van der Waals surface area contributed by atoms with E-state index in [1.807, 2.05) is 0 Å². The Hall–Kier alpha value is -0.860. The summed E-state index contributed by atoms with van der Waals surface area (Å²) in [5.74, 6) is 0.672. The minimum absolute atomic E-state index is 0.419. The van der Waals surface area contributed by atoms with E-state index >= 15 is 0 Å². The molecular formula is C16H23NO. The topological polar surface area (TPSA) is 32.3 Å². The summed E-state index contributed by atoms with van der Waals surface area (Å²) in [6.45, 7) is 3.06. The number of nitrogens with one attached hydrogen (secondary N) is 1. The second-order valence-corrected chi connectivity index (χ2v) is 6.12. The van der Waals surface area contributed by atoms with Gasteiger partial charge in [-0.2, -0.15) is 0 Å². The molecule has 2 unspecified atom stereocenters. The van der Waals surface area contributed by atoms with Crippen molar-refractivity contribution in [3.63, 3.8) is 0 Å². The molecule has 3 rings (SSSR count). The first-order valence-corrected chi connectivity index (χ1v) is 7.23. The van der Waals surface area contributed by atoms with Crippen LogP contribution in [-0.4, -0.2) is 17.3 Å². The lowest BCUT2D eigenvalue weighted by atomic mass is 9.78. The molecule has 0 amide bonds. The van der Waals surface area contributed by atoms with Crippen molar-refractivity contribution in [1.29, 1.82) is 0 Å². The molecule has 0 bridgehead atoms. The van der Waals surface area contributed by atoms with Gasteiger partial charge in [0.15, 0.2) is 0 Å². The van der Waals surface area contributed by atoms with E-state index < -0.39 is 5.60 Å². The molecule has 0 aromatic heterocycles. The fourth-order valence-electron chi connectivity index (χ4n) is 3.29. The molecule has 2 heteroatoms. The summed E-state index contributed by atoms with van der Waals surface area (Å²) in [6.07, 6.45) is 5.54. The Morgan fingerprint density at radius 2 is 1.94 bits per heavy atom. The molecule has 0 spiro atoms. The van der Waals surface area contributed by atoms with Crippen LogP contribution in [0.2, 0.25) is 0 Å². The summed E-state index contributed by atoms with van der Waals surface area (Å²) in [5, 5.41) is 13.8. The lowest BCUT2D eigenvalue weighted by molar-refractivity contribution is -0.0336. The summed E-state index contributed by atoms with van der Waals surface area (Å²) in [6, 6.07) is 9.20. The van der Waals surface area contributed by atoms with Crippen molar-refractivity contribution in [3.8, 4) is 0 Å². The average molecular weight is 245 g/mol. The molecule has 1 fully saturated rings. The number of hydrogen-bond acceptors (Lipinski definition) is 2. The van der Waals surface area contributed by atoms with Gasteiger partial charge in [-0.05, 0) is 49.1 Å². The Balaban J connectivity index is 1.72. The molecule has 0 radical (unpaired) electrons. The lowest BCUT2D eigenvalue weighted by Crippen LogP contribution is -2.47. The van der Waals surface area contributed by atoms with E-state index in [9.17, 15) is 5.11 Å². The highest BCUT2D eigenvalue weighted by Gasteiger charge is 2.35. The zero-order chi connectivity index (χ0) is 12.6. The van der Waals surface area contributed by atoms with Gasteiger partial charge < -0.3 is 10.4 Å². The summed E-state index contributed by atoms with van der Waals surface area (Å²) < 4.78 is 0. The average Bonchev–Trinajstić information content (AvgIpc) is 2.36. The smallest absolute Gasteiger partial charge is 0.0771 e. The quantitative estimate of drug-likeness (QED) is 0.857. The maximum Gasteiger partial charge on any atom is 0.0771 e. The van der Waals surface area contributed by atoms with Crippen LogP contribution < -0.4 is 5.32 Å². The molecule has 18 heavy (non-hydrogen) atoms. The van der Waals surface area contributed by atoms with Gasteiger partial charge in [0.25, 0.3) is 0 Å². The van der Waals surface area contributed by atoms with Crippen LogP contribution in [0.15, 0.2) is 24.3 Å². The van der Waals surface area contributed by atoms with Crippen LogP contribution in [0, 0.1) is 0 Å². The van der Waals surface area contributed by atoms with Crippen LogP contribution in [0.25, 0.3) is 0 Å². The van der Waals surface area contributed by atoms with Crippen molar-refractivity contribution in [2.45, 2.75) is 56.6 Å². The minimum atomic E-state index is -0.419. The minimum Gasteiger partial charge on any atom is -0.389 e. The molecule has 2 atom stereocenters.